The van der Waals surface area contributed by atoms with E-state index >= 15 is 0 Å². The van der Waals surface area contributed by atoms with Gasteiger partial charge in [-0.3, -0.25) is 4.79 Å². The fourth-order valence-electron chi connectivity index (χ4n) is 2.94. The highest BCUT2D eigenvalue weighted by atomic mass is 32.2. The van der Waals surface area contributed by atoms with Crippen molar-refractivity contribution in [2.75, 3.05) is 26.2 Å². The molecule has 2 aliphatic heterocycles. The summed E-state index contributed by atoms with van der Waals surface area (Å²) in [5.74, 6) is -0.749. The van der Waals surface area contributed by atoms with Crippen LogP contribution in [-0.2, 0) is 4.79 Å². The van der Waals surface area contributed by atoms with E-state index in [1.807, 2.05) is 21.6 Å². The van der Waals surface area contributed by atoms with Gasteiger partial charge in [0, 0.05) is 36.7 Å². The molecule has 114 valence electrons. The zero-order valence-corrected chi connectivity index (χ0v) is 13.3. The van der Waals surface area contributed by atoms with Crippen LogP contribution in [0, 0.1) is 5.41 Å². The van der Waals surface area contributed by atoms with Gasteiger partial charge in [0.05, 0.1) is 5.41 Å². The highest BCUT2D eigenvalue weighted by Crippen LogP contribution is 2.32. The molecule has 2 unspecified atom stereocenters. The number of carbonyl (C=O) groups is 2. The van der Waals surface area contributed by atoms with E-state index in [9.17, 15) is 14.7 Å². The van der Waals surface area contributed by atoms with Crippen molar-refractivity contribution in [1.82, 2.24) is 9.80 Å². The molecule has 2 saturated heterocycles. The van der Waals surface area contributed by atoms with Crippen molar-refractivity contribution in [2.24, 2.45) is 5.41 Å². The fourth-order valence-corrected chi connectivity index (χ4v) is 4.26. The topological polar surface area (TPSA) is 60.9 Å². The van der Waals surface area contributed by atoms with Crippen molar-refractivity contribution in [1.29, 1.82) is 0 Å². The largest absolute Gasteiger partial charge is 0.481 e. The van der Waals surface area contributed by atoms with Crippen molar-refractivity contribution in [2.45, 2.75) is 44.1 Å². The minimum atomic E-state index is -0.749. The molecular formula is C14H24N2O3S. The van der Waals surface area contributed by atoms with E-state index in [4.69, 9.17) is 0 Å². The standard InChI is InChI=1S/C14H24N2O3S/c1-10-8-16(9-11(2)20-10)13(19)15-6-4-14(3,5-7-15)12(17)18/h10-11H,4-9H2,1-3H3,(H,17,18). The van der Waals surface area contributed by atoms with E-state index in [0.29, 0.717) is 36.4 Å². The molecule has 0 saturated carbocycles. The van der Waals surface area contributed by atoms with Crippen LogP contribution in [0.15, 0.2) is 0 Å². The van der Waals surface area contributed by atoms with Gasteiger partial charge in [-0.05, 0) is 19.8 Å². The Labute approximate surface area is 124 Å². The normalized spacial score (nSPS) is 30.1. The number of urea groups is 1. The maximum atomic E-state index is 12.5. The van der Waals surface area contributed by atoms with Gasteiger partial charge in [-0.15, -0.1) is 0 Å². The molecule has 1 N–H and O–H groups in total. The third-order valence-electron chi connectivity index (χ3n) is 4.34. The smallest absolute Gasteiger partial charge is 0.320 e. The Kier molecular flexibility index (Phi) is 4.52. The number of thioether (sulfide) groups is 1. The average molecular weight is 300 g/mol. The average Bonchev–Trinajstić information content (AvgIpc) is 2.37. The molecule has 2 amide bonds. The van der Waals surface area contributed by atoms with Crippen LogP contribution in [-0.4, -0.2) is 63.6 Å². The van der Waals surface area contributed by atoms with Crippen LogP contribution < -0.4 is 0 Å². The van der Waals surface area contributed by atoms with Crippen LogP contribution >= 0.6 is 11.8 Å². The van der Waals surface area contributed by atoms with Crippen molar-refractivity contribution in [3.8, 4) is 0 Å². The lowest BCUT2D eigenvalue weighted by Gasteiger charge is -2.41. The Hall–Kier alpha value is -0.910. The van der Waals surface area contributed by atoms with Crippen LogP contribution in [0.2, 0.25) is 0 Å². The molecule has 2 heterocycles. The number of carboxylic acids is 1. The second kappa shape index (κ2) is 5.84. The molecule has 0 spiro atoms. The number of hydrogen-bond donors (Lipinski definition) is 1. The summed E-state index contributed by atoms with van der Waals surface area (Å²) in [5.41, 5.74) is -0.672. The Morgan fingerprint density at radius 3 is 2.05 bits per heavy atom. The van der Waals surface area contributed by atoms with Gasteiger partial charge >= 0.3 is 12.0 Å². The first kappa shape index (κ1) is 15.5. The molecule has 6 heteroatoms. The molecule has 0 aromatic rings. The molecule has 0 aromatic carbocycles. The predicted molar refractivity (Wildman–Crippen MR) is 80.0 cm³/mol. The minimum absolute atomic E-state index is 0.0800. The van der Waals surface area contributed by atoms with Gasteiger partial charge in [-0.1, -0.05) is 13.8 Å². The first-order chi connectivity index (χ1) is 9.32. The molecule has 0 radical (unpaired) electrons. The maximum absolute atomic E-state index is 12.5. The van der Waals surface area contributed by atoms with Crippen molar-refractivity contribution >= 4 is 23.8 Å². The number of hydrogen-bond acceptors (Lipinski definition) is 3. The summed E-state index contributed by atoms with van der Waals surface area (Å²) >= 11 is 1.92. The van der Waals surface area contributed by atoms with Crippen LogP contribution in [0.4, 0.5) is 4.79 Å². The minimum Gasteiger partial charge on any atom is -0.481 e. The molecule has 2 fully saturated rings. The van der Waals surface area contributed by atoms with Gasteiger partial charge in [-0.2, -0.15) is 11.8 Å². The summed E-state index contributed by atoms with van der Waals surface area (Å²) in [7, 11) is 0. The molecule has 20 heavy (non-hydrogen) atoms. The Balaban J connectivity index is 1.93. The van der Waals surface area contributed by atoms with Crippen LogP contribution in [0.1, 0.15) is 33.6 Å². The molecule has 2 atom stereocenters. The number of carboxylic acid groups (broad SMARTS) is 1. The van der Waals surface area contributed by atoms with Crippen LogP contribution in [0.3, 0.4) is 0 Å². The van der Waals surface area contributed by atoms with E-state index < -0.39 is 11.4 Å². The van der Waals surface area contributed by atoms with Gasteiger partial charge in [0.25, 0.3) is 0 Å². The molecule has 0 aromatic heterocycles. The lowest BCUT2D eigenvalue weighted by molar-refractivity contribution is -0.150. The van der Waals surface area contributed by atoms with Gasteiger partial charge < -0.3 is 14.9 Å². The Morgan fingerprint density at radius 1 is 1.10 bits per heavy atom. The number of nitrogens with zero attached hydrogens (tertiary/aromatic N) is 2. The van der Waals surface area contributed by atoms with Crippen LogP contribution in [0.25, 0.3) is 0 Å². The van der Waals surface area contributed by atoms with Gasteiger partial charge in [-0.25, -0.2) is 4.79 Å². The predicted octanol–water partition coefficient (Wildman–Crippen LogP) is 2.12. The highest BCUT2D eigenvalue weighted by molar-refractivity contribution is 8.00. The zero-order valence-electron chi connectivity index (χ0n) is 12.5. The summed E-state index contributed by atoms with van der Waals surface area (Å²) in [6.45, 7) is 8.76. The molecular weight excluding hydrogens is 276 g/mol. The van der Waals surface area contributed by atoms with Crippen molar-refractivity contribution < 1.29 is 14.7 Å². The second-order valence-electron chi connectivity index (χ2n) is 6.30. The van der Waals surface area contributed by atoms with Gasteiger partial charge in [0.2, 0.25) is 0 Å². The third-order valence-corrected chi connectivity index (χ3v) is 5.57. The van der Waals surface area contributed by atoms with Gasteiger partial charge in [0.15, 0.2) is 0 Å². The first-order valence-corrected chi connectivity index (χ1v) is 8.19. The number of rotatable bonds is 1. The summed E-state index contributed by atoms with van der Waals surface area (Å²) in [6.07, 6.45) is 1.09. The monoisotopic (exact) mass is 300 g/mol. The summed E-state index contributed by atoms with van der Waals surface area (Å²) < 4.78 is 0. The number of piperidine rings is 1. The SMILES string of the molecule is CC1CN(C(=O)N2CCC(C)(C(=O)O)CC2)CC(C)S1. The van der Waals surface area contributed by atoms with E-state index in [1.165, 1.54) is 0 Å². The molecule has 5 nitrogen and oxygen atoms in total. The number of aliphatic carboxylic acids is 1. The van der Waals surface area contributed by atoms with Crippen molar-refractivity contribution in [3.63, 3.8) is 0 Å². The molecule has 0 aliphatic carbocycles. The fraction of sp³-hybridized carbons (Fsp3) is 0.857. The van der Waals surface area contributed by atoms with E-state index in [2.05, 4.69) is 13.8 Å². The number of likely N-dealkylation sites (tertiary alicyclic amines) is 1. The van der Waals surface area contributed by atoms with Crippen LogP contribution in [0.5, 0.6) is 0 Å². The van der Waals surface area contributed by atoms with E-state index in [-0.39, 0.29) is 6.03 Å². The molecule has 2 rings (SSSR count). The Bertz CT molecular complexity index is 384. The lowest BCUT2D eigenvalue weighted by atomic mass is 9.80. The zero-order chi connectivity index (χ0) is 14.9. The number of carbonyl (C=O) groups excluding carboxylic acids is 1. The second-order valence-corrected chi connectivity index (χ2v) is 8.18. The third kappa shape index (κ3) is 3.22. The highest BCUT2D eigenvalue weighted by Gasteiger charge is 2.39. The molecule has 0 bridgehead atoms. The lowest BCUT2D eigenvalue weighted by Crippen LogP contribution is -2.53. The summed E-state index contributed by atoms with van der Waals surface area (Å²) in [6, 6.07) is 0.0800. The maximum Gasteiger partial charge on any atom is 0.320 e. The van der Waals surface area contributed by atoms with E-state index in [0.717, 1.165) is 13.1 Å². The van der Waals surface area contributed by atoms with Crippen molar-refractivity contribution in [3.05, 3.63) is 0 Å². The number of amides is 2. The summed E-state index contributed by atoms with van der Waals surface area (Å²) in [5, 5.41) is 10.2. The Morgan fingerprint density at radius 2 is 1.60 bits per heavy atom. The quantitative estimate of drug-likeness (QED) is 0.806. The van der Waals surface area contributed by atoms with Gasteiger partial charge in [0.1, 0.15) is 0 Å². The summed E-state index contributed by atoms with van der Waals surface area (Å²) in [4.78, 5) is 27.5. The first-order valence-electron chi connectivity index (χ1n) is 7.24. The molecule has 2 aliphatic rings. The van der Waals surface area contributed by atoms with E-state index in [1.54, 1.807) is 6.92 Å².